The number of hydrogen-bond donors (Lipinski definition) is 1. The van der Waals surface area contributed by atoms with E-state index in [-0.39, 0.29) is 11.8 Å². The van der Waals surface area contributed by atoms with Crippen molar-refractivity contribution >= 4 is 34.5 Å². The smallest absolute Gasteiger partial charge is 0.255 e. The molecule has 1 fully saturated rings. The maximum Gasteiger partial charge on any atom is 0.255 e. The fraction of sp³-hybridized carbons (Fsp3) is 0.407. The lowest BCUT2D eigenvalue weighted by atomic mass is 9.94. The number of nitrogens with zero attached hydrogens (tertiary/aromatic N) is 2. The molecule has 5 rings (SSSR count). The number of H-pyrrole nitrogens is 1. The number of para-hydroxylation sites is 1. The second kappa shape index (κ2) is 9.64. The summed E-state index contributed by atoms with van der Waals surface area (Å²) in [7, 11) is 1.93. The predicted octanol–water partition coefficient (Wildman–Crippen LogP) is 5.25. The van der Waals surface area contributed by atoms with E-state index in [1.165, 1.54) is 47.7 Å². The van der Waals surface area contributed by atoms with Gasteiger partial charge in [0.05, 0.1) is 11.3 Å². The number of hydrogen-bond acceptors (Lipinski definition) is 3. The Labute approximate surface area is 199 Å². The minimum atomic E-state index is 0.0436. The van der Waals surface area contributed by atoms with Crippen LogP contribution in [0.1, 0.15) is 53.7 Å². The molecule has 0 saturated heterocycles. The summed E-state index contributed by atoms with van der Waals surface area (Å²) < 4.78 is 0. The average molecular weight is 462 g/mol. The van der Waals surface area contributed by atoms with Crippen molar-refractivity contribution < 1.29 is 9.59 Å². The molecule has 6 heteroatoms. The quantitative estimate of drug-likeness (QED) is 0.528. The van der Waals surface area contributed by atoms with Crippen molar-refractivity contribution in [3.63, 3.8) is 0 Å². The molecule has 3 aromatic rings. The molecule has 1 aliphatic heterocycles. The van der Waals surface area contributed by atoms with Gasteiger partial charge in [-0.25, -0.2) is 0 Å². The molecule has 2 aliphatic rings. The van der Waals surface area contributed by atoms with E-state index in [9.17, 15) is 9.59 Å². The maximum atomic E-state index is 13.5. The fourth-order valence-corrected chi connectivity index (χ4v) is 6.16. The summed E-state index contributed by atoms with van der Waals surface area (Å²) in [5.74, 6) is 0.557. The van der Waals surface area contributed by atoms with E-state index in [1.807, 2.05) is 53.2 Å². The molecule has 0 bridgehead atoms. The molecule has 2 amide bonds. The summed E-state index contributed by atoms with van der Waals surface area (Å²) >= 11 is 1.48. The lowest BCUT2D eigenvalue weighted by Crippen LogP contribution is -2.39. The first-order chi connectivity index (χ1) is 16.1. The fourth-order valence-electron chi connectivity index (χ4n) is 5.19. The van der Waals surface area contributed by atoms with Gasteiger partial charge in [-0.3, -0.25) is 9.59 Å². The Kier molecular flexibility index (Phi) is 6.45. The van der Waals surface area contributed by atoms with Crippen LogP contribution < -0.4 is 0 Å². The van der Waals surface area contributed by atoms with Gasteiger partial charge in [0.2, 0.25) is 5.91 Å². The third-order valence-electron chi connectivity index (χ3n) is 7.15. The Balaban J connectivity index is 1.28. The molecule has 0 radical (unpaired) electrons. The van der Waals surface area contributed by atoms with Crippen LogP contribution >= 0.6 is 11.8 Å². The highest BCUT2D eigenvalue weighted by Gasteiger charge is 2.27. The van der Waals surface area contributed by atoms with Crippen LogP contribution in [0, 0.1) is 0 Å². The number of nitrogens with one attached hydrogen (secondary N) is 1. The van der Waals surface area contributed by atoms with Crippen LogP contribution in [0.2, 0.25) is 0 Å². The molecular weight excluding hydrogens is 430 g/mol. The largest absolute Gasteiger partial charge is 0.358 e. The lowest BCUT2D eigenvalue weighted by Gasteiger charge is -2.31. The lowest BCUT2D eigenvalue weighted by molar-refractivity contribution is -0.129. The zero-order valence-corrected chi connectivity index (χ0v) is 20.0. The minimum absolute atomic E-state index is 0.0436. The van der Waals surface area contributed by atoms with Crippen molar-refractivity contribution in [2.45, 2.75) is 56.0 Å². The SMILES string of the molecule is CN(C(=O)CSc1ccccc1C(=O)N1CCc2[nH]c3ccccc3c2C1)C1CCCCC1. The number of carbonyl (C=O) groups excluding carboxylic acids is 2. The Morgan fingerprint density at radius 3 is 2.67 bits per heavy atom. The standard InChI is InChI=1S/C27H31N3O2S/c1-29(19-9-3-2-4-10-19)26(31)18-33-25-14-8-6-12-21(25)27(32)30-16-15-24-22(17-30)20-11-5-7-13-23(20)28-24/h5-8,11-14,19,28H,2-4,9-10,15-18H2,1H3. The Morgan fingerprint density at radius 1 is 1.06 bits per heavy atom. The highest BCUT2D eigenvalue weighted by molar-refractivity contribution is 8.00. The molecule has 0 unspecified atom stereocenters. The zero-order chi connectivity index (χ0) is 22.8. The molecular formula is C27H31N3O2S. The van der Waals surface area contributed by atoms with E-state index in [4.69, 9.17) is 0 Å². The highest BCUT2D eigenvalue weighted by atomic mass is 32.2. The molecule has 1 aromatic heterocycles. The van der Waals surface area contributed by atoms with Gasteiger partial charge < -0.3 is 14.8 Å². The van der Waals surface area contributed by atoms with E-state index < -0.39 is 0 Å². The van der Waals surface area contributed by atoms with Gasteiger partial charge in [-0.05, 0) is 31.0 Å². The summed E-state index contributed by atoms with van der Waals surface area (Å²) in [4.78, 5) is 34.6. The number of thioether (sulfide) groups is 1. The molecule has 33 heavy (non-hydrogen) atoms. The van der Waals surface area contributed by atoms with E-state index >= 15 is 0 Å². The molecule has 1 aliphatic carbocycles. The summed E-state index contributed by atoms with van der Waals surface area (Å²) in [6.07, 6.45) is 6.73. The van der Waals surface area contributed by atoms with Crippen molar-refractivity contribution in [1.29, 1.82) is 0 Å². The first-order valence-electron chi connectivity index (χ1n) is 12.0. The maximum absolute atomic E-state index is 13.5. The van der Waals surface area contributed by atoms with Gasteiger partial charge >= 0.3 is 0 Å². The molecule has 0 atom stereocenters. The third kappa shape index (κ3) is 4.54. The summed E-state index contributed by atoms with van der Waals surface area (Å²) in [6, 6.07) is 16.4. The van der Waals surface area contributed by atoms with E-state index in [1.54, 1.807) is 0 Å². The van der Waals surface area contributed by atoms with Crippen LogP contribution in [0.25, 0.3) is 10.9 Å². The first kappa shape index (κ1) is 22.1. The van der Waals surface area contributed by atoms with Crippen LogP contribution in [0.4, 0.5) is 0 Å². The molecule has 1 N–H and O–H groups in total. The Morgan fingerprint density at radius 2 is 1.82 bits per heavy atom. The van der Waals surface area contributed by atoms with Crippen molar-refractivity contribution in [1.82, 2.24) is 14.8 Å². The van der Waals surface area contributed by atoms with E-state index in [0.29, 0.717) is 30.4 Å². The number of rotatable bonds is 5. The van der Waals surface area contributed by atoms with Crippen molar-refractivity contribution in [2.75, 3.05) is 19.3 Å². The van der Waals surface area contributed by atoms with Crippen molar-refractivity contribution in [2.24, 2.45) is 0 Å². The molecule has 172 valence electrons. The average Bonchev–Trinajstić information content (AvgIpc) is 3.25. The predicted molar refractivity (Wildman–Crippen MR) is 134 cm³/mol. The molecule has 5 nitrogen and oxygen atoms in total. The number of carbonyl (C=O) groups is 2. The molecule has 1 saturated carbocycles. The van der Waals surface area contributed by atoms with Crippen LogP contribution in [0.15, 0.2) is 53.4 Å². The van der Waals surface area contributed by atoms with Crippen LogP contribution in [-0.4, -0.2) is 52.0 Å². The monoisotopic (exact) mass is 461 g/mol. The van der Waals surface area contributed by atoms with Crippen molar-refractivity contribution in [3.05, 3.63) is 65.4 Å². The summed E-state index contributed by atoms with van der Waals surface area (Å²) in [6.45, 7) is 1.31. The molecule has 2 heterocycles. The van der Waals surface area contributed by atoms with Crippen LogP contribution in [0.3, 0.4) is 0 Å². The summed E-state index contributed by atoms with van der Waals surface area (Å²) in [5, 5.41) is 1.20. The van der Waals surface area contributed by atoms with Gasteiger partial charge in [0.25, 0.3) is 5.91 Å². The van der Waals surface area contributed by atoms with Gasteiger partial charge in [0.1, 0.15) is 0 Å². The van der Waals surface area contributed by atoms with Gasteiger partial charge in [-0.1, -0.05) is 49.6 Å². The number of fused-ring (bicyclic) bond motifs is 3. The number of aromatic amines is 1. The number of benzene rings is 2. The molecule has 0 spiro atoms. The van der Waals surface area contributed by atoms with Crippen molar-refractivity contribution in [3.8, 4) is 0 Å². The Bertz CT molecular complexity index is 1170. The van der Waals surface area contributed by atoms with Gasteiger partial charge in [0.15, 0.2) is 0 Å². The first-order valence-corrected chi connectivity index (χ1v) is 13.0. The number of amides is 2. The normalized spacial score (nSPS) is 16.6. The number of aromatic nitrogens is 1. The second-order valence-electron chi connectivity index (χ2n) is 9.19. The zero-order valence-electron chi connectivity index (χ0n) is 19.2. The van der Waals surface area contributed by atoms with E-state index in [2.05, 4.69) is 17.1 Å². The second-order valence-corrected chi connectivity index (χ2v) is 10.2. The van der Waals surface area contributed by atoms with E-state index in [0.717, 1.165) is 29.7 Å². The summed E-state index contributed by atoms with van der Waals surface area (Å²) in [5.41, 5.74) is 4.28. The Hall–Kier alpha value is -2.73. The third-order valence-corrected chi connectivity index (χ3v) is 8.21. The van der Waals surface area contributed by atoms with Gasteiger partial charge in [-0.15, -0.1) is 11.8 Å². The molecule has 2 aromatic carbocycles. The van der Waals surface area contributed by atoms with Gasteiger partial charge in [0, 0.05) is 59.7 Å². The van der Waals surface area contributed by atoms with Crippen LogP contribution in [0.5, 0.6) is 0 Å². The van der Waals surface area contributed by atoms with Crippen LogP contribution in [-0.2, 0) is 17.8 Å². The van der Waals surface area contributed by atoms with Gasteiger partial charge in [-0.2, -0.15) is 0 Å². The minimum Gasteiger partial charge on any atom is -0.358 e. The topological polar surface area (TPSA) is 56.4 Å². The highest BCUT2D eigenvalue weighted by Crippen LogP contribution is 2.31.